The molecule has 1 aliphatic carbocycles. The number of ether oxygens (including phenoxy) is 1. The van der Waals surface area contributed by atoms with Gasteiger partial charge >= 0.3 is 0 Å². The number of rotatable bonds is 5. The van der Waals surface area contributed by atoms with Crippen molar-refractivity contribution >= 4 is 0 Å². The first-order valence-electron chi connectivity index (χ1n) is 9.38. The van der Waals surface area contributed by atoms with Crippen molar-refractivity contribution in [2.45, 2.75) is 57.1 Å². The van der Waals surface area contributed by atoms with E-state index in [0.717, 1.165) is 37.6 Å². The fraction of sp³-hybridized carbons (Fsp3) is 0.650. The maximum Gasteiger partial charge on any atom is 0.137 e. The molecule has 1 aliphatic heterocycles. The molecule has 0 radical (unpaired) electrons. The SMILES string of the molecule is N#Cc1ccccc1OC1CCN(CCC2CCC(N)CC2)CC1. The summed E-state index contributed by atoms with van der Waals surface area (Å²) < 4.78 is 6.07. The van der Waals surface area contributed by atoms with Crippen LogP contribution in [0.4, 0.5) is 0 Å². The number of hydrogen-bond donors (Lipinski definition) is 1. The van der Waals surface area contributed by atoms with Crippen LogP contribution < -0.4 is 10.5 Å². The predicted octanol–water partition coefficient (Wildman–Crippen LogP) is 3.31. The van der Waals surface area contributed by atoms with Crippen molar-refractivity contribution in [2.75, 3.05) is 19.6 Å². The van der Waals surface area contributed by atoms with Gasteiger partial charge < -0.3 is 15.4 Å². The molecule has 1 heterocycles. The van der Waals surface area contributed by atoms with E-state index in [1.807, 2.05) is 24.3 Å². The van der Waals surface area contributed by atoms with E-state index in [-0.39, 0.29) is 6.10 Å². The number of nitriles is 1. The average Bonchev–Trinajstić information content (AvgIpc) is 2.63. The second-order valence-corrected chi connectivity index (χ2v) is 7.34. The first-order chi connectivity index (χ1) is 11.7. The lowest BCUT2D eigenvalue weighted by molar-refractivity contribution is 0.0950. The summed E-state index contributed by atoms with van der Waals surface area (Å²) in [4.78, 5) is 2.57. The van der Waals surface area contributed by atoms with Crippen molar-refractivity contribution in [1.29, 1.82) is 5.26 Å². The zero-order chi connectivity index (χ0) is 16.8. The molecule has 4 heteroatoms. The second kappa shape index (κ2) is 8.50. The van der Waals surface area contributed by atoms with Crippen LogP contribution in [0.5, 0.6) is 5.75 Å². The summed E-state index contributed by atoms with van der Waals surface area (Å²) in [7, 11) is 0. The quantitative estimate of drug-likeness (QED) is 0.901. The lowest BCUT2D eigenvalue weighted by Gasteiger charge is -2.34. The smallest absolute Gasteiger partial charge is 0.137 e. The van der Waals surface area contributed by atoms with Crippen molar-refractivity contribution in [3.63, 3.8) is 0 Å². The molecule has 0 amide bonds. The summed E-state index contributed by atoms with van der Waals surface area (Å²) in [5.74, 6) is 1.61. The molecule has 4 nitrogen and oxygen atoms in total. The standard InChI is InChI=1S/C20H29N3O/c21-15-17-3-1-2-4-20(17)24-19-10-13-23(14-11-19)12-9-16-5-7-18(22)8-6-16/h1-4,16,18-19H,5-14,22H2. The Balaban J connectivity index is 1.39. The third-order valence-corrected chi connectivity index (χ3v) is 5.58. The van der Waals surface area contributed by atoms with Gasteiger partial charge in [0.05, 0.1) is 5.56 Å². The minimum atomic E-state index is 0.239. The van der Waals surface area contributed by atoms with E-state index in [4.69, 9.17) is 15.7 Å². The zero-order valence-electron chi connectivity index (χ0n) is 14.5. The molecule has 0 unspecified atom stereocenters. The molecule has 1 aromatic carbocycles. The minimum Gasteiger partial charge on any atom is -0.489 e. The number of nitrogens with zero attached hydrogens (tertiary/aromatic N) is 2. The van der Waals surface area contributed by atoms with Crippen LogP contribution in [-0.2, 0) is 0 Å². The van der Waals surface area contributed by atoms with Crippen LogP contribution in [0, 0.1) is 17.2 Å². The molecule has 2 N–H and O–H groups in total. The lowest BCUT2D eigenvalue weighted by atomic mass is 9.84. The number of para-hydroxylation sites is 1. The Hall–Kier alpha value is -1.57. The minimum absolute atomic E-state index is 0.239. The van der Waals surface area contributed by atoms with Gasteiger partial charge in [0.15, 0.2) is 0 Å². The molecule has 0 spiro atoms. The van der Waals surface area contributed by atoms with Crippen LogP contribution in [-0.4, -0.2) is 36.7 Å². The molecule has 2 fully saturated rings. The predicted molar refractivity (Wildman–Crippen MR) is 95.8 cm³/mol. The maximum atomic E-state index is 9.15. The number of piperidine rings is 1. The van der Waals surface area contributed by atoms with E-state index in [2.05, 4.69) is 11.0 Å². The van der Waals surface area contributed by atoms with Gasteiger partial charge in [0, 0.05) is 19.1 Å². The van der Waals surface area contributed by atoms with E-state index >= 15 is 0 Å². The van der Waals surface area contributed by atoms with Gasteiger partial charge in [-0.15, -0.1) is 0 Å². The molecule has 1 saturated carbocycles. The molecule has 24 heavy (non-hydrogen) atoms. The van der Waals surface area contributed by atoms with Crippen LogP contribution in [0.25, 0.3) is 0 Å². The summed E-state index contributed by atoms with van der Waals surface area (Å²) in [6.45, 7) is 3.42. The van der Waals surface area contributed by atoms with Gasteiger partial charge in [0.2, 0.25) is 0 Å². The first-order valence-corrected chi connectivity index (χ1v) is 9.38. The molecule has 1 aromatic rings. The fourth-order valence-corrected chi connectivity index (χ4v) is 3.93. The fourth-order valence-electron chi connectivity index (χ4n) is 3.93. The summed E-state index contributed by atoms with van der Waals surface area (Å²) in [6, 6.07) is 10.2. The van der Waals surface area contributed by atoms with E-state index in [9.17, 15) is 0 Å². The lowest BCUT2D eigenvalue weighted by Crippen LogP contribution is -2.39. The van der Waals surface area contributed by atoms with Crippen LogP contribution in [0.1, 0.15) is 50.5 Å². The van der Waals surface area contributed by atoms with Gasteiger partial charge in [-0.25, -0.2) is 0 Å². The van der Waals surface area contributed by atoms with Gasteiger partial charge in [0.1, 0.15) is 17.9 Å². The topological polar surface area (TPSA) is 62.3 Å². The highest BCUT2D eigenvalue weighted by Crippen LogP contribution is 2.27. The van der Waals surface area contributed by atoms with Gasteiger partial charge in [-0.2, -0.15) is 5.26 Å². The van der Waals surface area contributed by atoms with Crippen molar-refractivity contribution in [2.24, 2.45) is 11.7 Å². The van der Waals surface area contributed by atoms with Crippen LogP contribution in [0.2, 0.25) is 0 Å². The van der Waals surface area contributed by atoms with Crippen molar-refractivity contribution in [3.8, 4) is 11.8 Å². The highest BCUT2D eigenvalue weighted by Gasteiger charge is 2.23. The zero-order valence-corrected chi connectivity index (χ0v) is 14.5. The first kappa shape index (κ1) is 17.3. The maximum absolute atomic E-state index is 9.15. The van der Waals surface area contributed by atoms with E-state index in [1.165, 1.54) is 38.6 Å². The Bertz CT molecular complexity index is 552. The van der Waals surface area contributed by atoms with E-state index in [0.29, 0.717) is 11.6 Å². The Morgan fingerprint density at radius 3 is 2.50 bits per heavy atom. The molecule has 3 rings (SSSR count). The summed E-state index contributed by atoms with van der Waals surface area (Å²) >= 11 is 0. The van der Waals surface area contributed by atoms with Crippen molar-refractivity contribution < 1.29 is 4.74 Å². The van der Waals surface area contributed by atoms with Crippen LogP contribution in [0.15, 0.2) is 24.3 Å². The van der Waals surface area contributed by atoms with E-state index in [1.54, 1.807) is 0 Å². The molecular formula is C20H29N3O. The molecule has 0 atom stereocenters. The molecule has 1 saturated heterocycles. The van der Waals surface area contributed by atoms with Crippen LogP contribution in [0.3, 0.4) is 0 Å². The highest BCUT2D eigenvalue weighted by molar-refractivity contribution is 5.42. The van der Waals surface area contributed by atoms with Gasteiger partial charge in [0.25, 0.3) is 0 Å². The number of benzene rings is 1. The average molecular weight is 327 g/mol. The van der Waals surface area contributed by atoms with Crippen molar-refractivity contribution in [3.05, 3.63) is 29.8 Å². The largest absolute Gasteiger partial charge is 0.489 e. The Morgan fingerprint density at radius 1 is 1.08 bits per heavy atom. The summed E-state index contributed by atoms with van der Waals surface area (Å²) in [5.41, 5.74) is 6.63. The molecule has 130 valence electrons. The molecular weight excluding hydrogens is 298 g/mol. The monoisotopic (exact) mass is 327 g/mol. The number of nitrogens with two attached hydrogens (primary N) is 1. The third-order valence-electron chi connectivity index (χ3n) is 5.58. The number of hydrogen-bond acceptors (Lipinski definition) is 4. The second-order valence-electron chi connectivity index (χ2n) is 7.34. The third kappa shape index (κ3) is 4.72. The summed E-state index contributed by atoms with van der Waals surface area (Å²) in [5, 5.41) is 9.15. The van der Waals surface area contributed by atoms with Crippen LogP contribution >= 0.6 is 0 Å². The number of likely N-dealkylation sites (tertiary alicyclic amines) is 1. The molecule has 0 bridgehead atoms. The molecule has 0 aromatic heterocycles. The highest BCUT2D eigenvalue weighted by atomic mass is 16.5. The van der Waals surface area contributed by atoms with Crippen molar-refractivity contribution in [1.82, 2.24) is 4.90 Å². The van der Waals surface area contributed by atoms with Gasteiger partial charge in [-0.3, -0.25) is 0 Å². The van der Waals surface area contributed by atoms with Gasteiger partial charge in [-0.05, 0) is 69.5 Å². The Kier molecular flexibility index (Phi) is 6.12. The van der Waals surface area contributed by atoms with Gasteiger partial charge in [-0.1, -0.05) is 12.1 Å². The summed E-state index contributed by atoms with van der Waals surface area (Å²) in [6.07, 6.45) is 8.69. The Morgan fingerprint density at radius 2 is 1.79 bits per heavy atom. The molecule has 2 aliphatic rings. The van der Waals surface area contributed by atoms with E-state index < -0.39 is 0 Å². The normalized spacial score (nSPS) is 26.0. The Labute approximate surface area is 145 Å².